The third-order valence-electron chi connectivity index (χ3n) is 4.14. The van der Waals surface area contributed by atoms with Crippen LogP contribution in [-0.2, 0) is 4.74 Å². The maximum atomic E-state index is 12.5. The summed E-state index contributed by atoms with van der Waals surface area (Å²) in [6, 6.07) is 0.0980. The summed E-state index contributed by atoms with van der Waals surface area (Å²) in [6.45, 7) is 6.84. The van der Waals surface area contributed by atoms with E-state index in [-0.39, 0.29) is 17.6 Å². The summed E-state index contributed by atoms with van der Waals surface area (Å²) in [4.78, 5) is 17.2. The van der Waals surface area contributed by atoms with Crippen molar-refractivity contribution in [3.8, 4) is 0 Å². The van der Waals surface area contributed by atoms with Crippen molar-refractivity contribution in [2.24, 2.45) is 5.41 Å². The summed E-state index contributed by atoms with van der Waals surface area (Å²) in [5, 5.41) is 3.81. The molecule has 1 saturated heterocycles. The zero-order valence-corrected chi connectivity index (χ0v) is 12.9. The van der Waals surface area contributed by atoms with Gasteiger partial charge in [0.2, 0.25) is 5.82 Å². The Morgan fingerprint density at radius 3 is 2.55 bits per heavy atom. The number of ether oxygens (including phenoxy) is 1. The molecule has 1 amide bonds. The van der Waals surface area contributed by atoms with Gasteiger partial charge < -0.3 is 9.64 Å². The lowest BCUT2D eigenvalue weighted by Crippen LogP contribution is -2.64. The Hall–Kier alpha value is -1.73. The van der Waals surface area contributed by atoms with Crippen LogP contribution in [0.4, 0.5) is 13.6 Å². The van der Waals surface area contributed by atoms with E-state index in [9.17, 15) is 13.6 Å². The molecule has 2 fully saturated rings. The van der Waals surface area contributed by atoms with E-state index >= 15 is 0 Å². The molecule has 2 aliphatic rings. The summed E-state index contributed by atoms with van der Waals surface area (Å²) >= 11 is 0. The Balaban J connectivity index is 1.49. The largest absolute Gasteiger partial charge is 0.444 e. The van der Waals surface area contributed by atoms with Crippen LogP contribution in [0.3, 0.4) is 0 Å². The van der Waals surface area contributed by atoms with Crippen LogP contribution in [0.15, 0.2) is 6.33 Å². The smallest absolute Gasteiger partial charge is 0.410 e. The van der Waals surface area contributed by atoms with Gasteiger partial charge in [0.15, 0.2) is 0 Å². The van der Waals surface area contributed by atoms with Gasteiger partial charge in [-0.1, -0.05) is 0 Å². The number of halogens is 2. The van der Waals surface area contributed by atoms with Crippen LogP contribution in [0.2, 0.25) is 0 Å². The molecule has 1 saturated carbocycles. The molecule has 0 aromatic carbocycles. The minimum absolute atomic E-state index is 0.0957. The molecule has 122 valence electrons. The summed E-state index contributed by atoms with van der Waals surface area (Å²) in [7, 11) is 0. The normalized spacial score (nSPS) is 20.9. The summed E-state index contributed by atoms with van der Waals surface area (Å²) < 4.78 is 31.8. The highest BCUT2D eigenvalue weighted by Crippen LogP contribution is 2.54. The van der Waals surface area contributed by atoms with Crippen molar-refractivity contribution in [3.05, 3.63) is 12.2 Å². The van der Waals surface area contributed by atoms with Gasteiger partial charge >= 0.3 is 6.09 Å². The molecule has 8 heteroatoms. The highest BCUT2D eigenvalue weighted by Gasteiger charge is 2.55. The van der Waals surface area contributed by atoms with Crippen molar-refractivity contribution in [2.45, 2.75) is 51.7 Å². The lowest BCUT2D eigenvalue weighted by Gasteiger charge is -2.58. The van der Waals surface area contributed by atoms with Crippen LogP contribution in [-0.4, -0.2) is 44.4 Å². The maximum absolute atomic E-state index is 12.5. The number of alkyl halides is 2. The molecule has 1 spiro atoms. The molecule has 6 nitrogen and oxygen atoms in total. The van der Waals surface area contributed by atoms with E-state index in [0.29, 0.717) is 13.1 Å². The molecule has 1 aromatic heterocycles. The first-order chi connectivity index (χ1) is 10.2. The molecule has 0 atom stereocenters. The van der Waals surface area contributed by atoms with Crippen molar-refractivity contribution >= 4 is 6.09 Å². The van der Waals surface area contributed by atoms with E-state index in [4.69, 9.17) is 4.74 Å². The number of carbonyl (C=O) groups is 1. The average molecular weight is 314 g/mol. The van der Waals surface area contributed by atoms with Crippen molar-refractivity contribution in [2.75, 3.05) is 13.1 Å². The van der Waals surface area contributed by atoms with E-state index in [1.165, 1.54) is 11.0 Å². The molecule has 3 rings (SSSR count). The van der Waals surface area contributed by atoms with Gasteiger partial charge in [0.05, 0.1) is 6.04 Å². The molecule has 0 N–H and O–H groups in total. The number of aromatic nitrogens is 3. The molecule has 0 radical (unpaired) electrons. The molecule has 0 unspecified atom stereocenters. The fraction of sp³-hybridized carbons (Fsp3) is 0.786. The molecule has 22 heavy (non-hydrogen) atoms. The number of likely N-dealkylation sites (tertiary alicyclic amines) is 1. The fourth-order valence-corrected chi connectivity index (χ4v) is 3.17. The summed E-state index contributed by atoms with van der Waals surface area (Å²) in [5.74, 6) is -0.426. The predicted octanol–water partition coefficient (Wildman–Crippen LogP) is 2.79. The molecule has 2 heterocycles. The second kappa shape index (κ2) is 4.89. The minimum Gasteiger partial charge on any atom is -0.444 e. The SMILES string of the molecule is CC(C)(C)OC(=O)N1CC2(CC(n3cnc(C(F)F)n3)C2)C1. The first-order valence-electron chi connectivity index (χ1n) is 7.35. The van der Waals surface area contributed by atoms with E-state index < -0.39 is 17.9 Å². The van der Waals surface area contributed by atoms with Gasteiger partial charge in [-0.15, -0.1) is 5.10 Å². The van der Waals surface area contributed by atoms with Crippen LogP contribution in [0.1, 0.15) is 51.9 Å². The number of nitrogens with zero attached hydrogens (tertiary/aromatic N) is 4. The highest BCUT2D eigenvalue weighted by molar-refractivity contribution is 5.69. The van der Waals surface area contributed by atoms with Crippen LogP contribution in [0, 0.1) is 5.41 Å². The average Bonchev–Trinajstić information content (AvgIpc) is 2.71. The second-order valence-electron chi connectivity index (χ2n) is 7.28. The molecule has 1 aromatic rings. The Labute approximate surface area is 127 Å². The lowest BCUT2D eigenvalue weighted by atomic mass is 9.61. The van der Waals surface area contributed by atoms with Gasteiger partial charge in [-0.3, -0.25) is 0 Å². The quantitative estimate of drug-likeness (QED) is 0.842. The van der Waals surface area contributed by atoms with Crippen LogP contribution < -0.4 is 0 Å². The van der Waals surface area contributed by atoms with Gasteiger partial charge in [-0.25, -0.2) is 23.2 Å². The first kappa shape index (κ1) is 15.2. The number of hydrogen-bond donors (Lipinski definition) is 0. The lowest BCUT2D eigenvalue weighted by molar-refractivity contribution is -0.0929. The maximum Gasteiger partial charge on any atom is 0.410 e. The van der Waals surface area contributed by atoms with Gasteiger partial charge in [0.1, 0.15) is 11.9 Å². The van der Waals surface area contributed by atoms with Gasteiger partial charge in [-0.05, 0) is 33.6 Å². The Bertz CT molecular complexity index is 568. The van der Waals surface area contributed by atoms with Crippen molar-refractivity contribution in [1.82, 2.24) is 19.7 Å². The van der Waals surface area contributed by atoms with E-state index in [2.05, 4.69) is 10.1 Å². The third-order valence-corrected chi connectivity index (χ3v) is 4.14. The van der Waals surface area contributed by atoms with Crippen LogP contribution in [0.25, 0.3) is 0 Å². The monoisotopic (exact) mass is 314 g/mol. The van der Waals surface area contributed by atoms with Crippen molar-refractivity contribution in [1.29, 1.82) is 0 Å². The van der Waals surface area contributed by atoms with Crippen LogP contribution >= 0.6 is 0 Å². The third kappa shape index (κ3) is 2.78. The molecule has 0 bridgehead atoms. The summed E-state index contributed by atoms with van der Waals surface area (Å²) in [6.07, 6.45) is 0.101. The first-order valence-corrected chi connectivity index (χ1v) is 7.35. The molecular weight excluding hydrogens is 294 g/mol. The van der Waals surface area contributed by atoms with Gasteiger partial charge in [0.25, 0.3) is 6.43 Å². The Morgan fingerprint density at radius 2 is 2.05 bits per heavy atom. The number of amides is 1. The van der Waals surface area contributed by atoms with E-state index in [1.54, 1.807) is 4.90 Å². The zero-order valence-electron chi connectivity index (χ0n) is 12.9. The highest BCUT2D eigenvalue weighted by atomic mass is 19.3. The van der Waals surface area contributed by atoms with Crippen LogP contribution in [0.5, 0.6) is 0 Å². The number of carbonyl (C=O) groups excluding carboxylic acids is 1. The Kier molecular flexibility index (Phi) is 3.37. The van der Waals surface area contributed by atoms with E-state index in [0.717, 1.165) is 12.8 Å². The fourth-order valence-electron chi connectivity index (χ4n) is 3.17. The number of hydrogen-bond acceptors (Lipinski definition) is 4. The number of rotatable bonds is 2. The van der Waals surface area contributed by atoms with Gasteiger partial charge in [0, 0.05) is 18.5 Å². The summed E-state index contributed by atoms with van der Waals surface area (Å²) in [5.41, 5.74) is -0.396. The minimum atomic E-state index is -2.64. The van der Waals surface area contributed by atoms with E-state index in [1.807, 2.05) is 20.8 Å². The van der Waals surface area contributed by atoms with Crippen molar-refractivity contribution < 1.29 is 18.3 Å². The Morgan fingerprint density at radius 1 is 1.41 bits per heavy atom. The predicted molar refractivity (Wildman–Crippen MR) is 73.5 cm³/mol. The topological polar surface area (TPSA) is 60.2 Å². The standard InChI is InChI=1S/C14H20F2N4O2/c1-13(2,3)22-12(21)19-6-14(7-19)4-9(5-14)20-8-17-11(18-20)10(15)16/h8-10H,4-7H2,1-3H3. The molecule has 1 aliphatic heterocycles. The van der Waals surface area contributed by atoms with Crippen molar-refractivity contribution in [3.63, 3.8) is 0 Å². The second-order valence-corrected chi connectivity index (χ2v) is 7.28. The molecular formula is C14H20F2N4O2. The van der Waals surface area contributed by atoms with Gasteiger partial charge in [-0.2, -0.15) is 0 Å². The zero-order chi connectivity index (χ0) is 16.1. The molecule has 1 aliphatic carbocycles.